The molecule has 2 rings (SSSR count). The first kappa shape index (κ1) is 13.1. The van der Waals surface area contributed by atoms with Crippen molar-refractivity contribution in [1.29, 1.82) is 0 Å². The van der Waals surface area contributed by atoms with Gasteiger partial charge in [0.05, 0.1) is 19.8 Å². The first-order chi connectivity index (χ1) is 9.17. The number of furan rings is 1. The van der Waals surface area contributed by atoms with Crippen LogP contribution >= 0.6 is 0 Å². The molecular weight excluding hydrogens is 250 g/mol. The average Bonchev–Trinajstić information content (AvgIpc) is 2.95. The van der Waals surface area contributed by atoms with Gasteiger partial charge in [-0.15, -0.1) is 0 Å². The lowest BCUT2D eigenvalue weighted by molar-refractivity contribution is 0.0558. The maximum absolute atomic E-state index is 11.3. The first-order valence-corrected chi connectivity index (χ1v) is 5.52. The van der Waals surface area contributed by atoms with Gasteiger partial charge in [-0.3, -0.25) is 0 Å². The van der Waals surface area contributed by atoms with Crippen LogP contribution in [-0.4, -0.2) is 30.3 Å². The lowest BCUT2D eigenvalue weighted by atomic mass is 10.1. The predicted octanol–water partition coefficient (Wildman–Crippen LogP) is 1.55. The molecule has 1 N–H and O–H groups in total. The van der Waals surface area contributed by atoms with Gasteiger partial charge in [0.1, 0.15) is 11.9 Å². The summed E-state index contributed by atoms with van der Waals surface area (Å²) in [6.45, 7) is 0. The van der Waals surface area contributed by atoms with Crippen LogP contribution in [0.3, 0.4) is 0 Å². The Kier molecular flexibility index (Phi) is 3.82. The highest BCUT2D eigenvalue weighted by atomic mass is 16.5. The SMILES string of the molecule is COC(=O)c1ccc(C(O)c2cccnc2OC)o1. The number of carbonyl (C=O) groups excluding carboxylic acids is 1. The van der Waals surface area contributed by atoms with E-state index >= 15 is 0 Å². The van der Waals surface area contributed by atoms with E-state index in [9.17, 15) is 9.90 Å². The van der Waals surface area contributed by atoms with E-state index in [4.69, 9.17) is 9.15 Å². The van der Waals surface area contributed by atoms with Crippen LogP contribution in [-0.2, 0) is 4.74 Å². The zero-order valence-corrected chi connectivity index (χ0v) is 10.5. The Bertz CT molecular complexity index is 578. The van der Waals surface area contributed by atoms with Crippen molar-refractivity contribution < 1.29 is 23.8 Å². The van der Waals surface area contributed by atoms with Crippen LogP contribution in [0.2, 0.25) is 0 Å². The minimum absolute atomic E-state index is 0.0272. The van der Waals surface area contributed by atoms with Crippen LogP contribution in [0.25, 0.3) is 0 Å². The second kappa shape index (κ2) is 5.53. The molecule has 1 atom stereocenters. The van der Waals surface area contributed by atoms with E-state index < -0.39 is 12.1 Å². The largest absolute Gasteiger partial charge is 0.481 e. The van der Waals surface area contributed by atoms with E-state index in [1.165, 1.54) is 26.4 Å². The number of aliphatic hydroxyl groups is 1. The van der Waals surface area contributed by atoms with Crippen molar-refractivity contribution in [3.8, 4) is 5.88 Å². The molecule has 0 saturated heterocycles. The van der Waals surface area contributed by atoms with Gasteiger partial charge in [-0.2, -0.15) is 0 Å². The fourth-order valence-corrected chi connectivity index (χ4v) is 1.65. The monoisotopic (exact) mass is 263 g/mol. The molecule has 0 aliphatic rings. The van der Waals surface area contributed by atoms with Gasteiger partial charge in [0, 0.05) is 6.20 Å². The van der Waals surface area contributed by atoms with Crippen LogP contribution in [0.15, 0.2) is 34.9 Å². The number of methoxy groups -OCH3 is 2. The quantitative estimate of drug-likeness (QED) is 0.843. The highest BCUT2D eigenvalue weighted by molar-refractivity contribution is 5.86. The summed E-state index contributed by atoms with van der Waals surface area (Å²) in [5, 5.41) is 10.2. The number of rotatable bonds is 4. The normalized spacial score (nSPS) is 11.9. The number of ether oxygens (including phenoxy) is 2. The van der Waals surface area contributed by atoms with Crippen LogP contribution < -0.4 is 4.74 Å². The van der Waals surface area contributed by atoms with E-state index in [1.807, 2.05) is 0 Å². The number of aromatic nitrogens is 1. The van der Waals surface area contributed by atoms with Crippen molar-refractivity contribution in [2.24, 2.45) is 0 Å². The van der Waals surface area contributed by atoms with Gasteiger partial charge in [-0.25, -0.2) is 9.78 Å². The number of aliphatic hydroxyl groups excluding tert-OH is 1. The summed E-state index contributed by atoms with van der Waals surface area (Å²) in [5.74, 6) is -0.0614. The molecular formula is C13H13NO5. The Morgan fingerprint density at radius 3 is 2.84 bits per heavy atom. The van der Waals surface area contributed by atoms with Crippen molar-refractivity contribution in [3.63, 3.8) is 0 Å². The Morgan fingerprint density at radius 2 is 2.16 bits per heavy atom. The molecule has 6 nitrogen and oxygen atoms in total. The Morgan fingerprint density at radius 1 is 1.37 bits per heavy atom. The molecule has 0 radical (unpaired) electrons. The highest BCUT2D eigenvalue weighted by Gasteiger charge is 2.21. The molecule has 0 aliphatic heterocycles. The molecule has 1 unspecified atom stereocenters. The average molecular weight is 263 g/mol. The molecule has 0 aliphatic carbocycles. The minimum Gasteiger partial charge on any atom is -0.481 e. The molecule has 19 heavy (non-hydrogen) atoms. The lowest BCUT2D eigenvalue weighted by Crippen LogP contribution is -2.03. The summed E-state index contributed by atoms with van der Waals surface area (Å²) >= 11 is 0. The van der Waals surface area contributed by atoms with Crippen molar-refractivity contribution in [2.45, 2.75) is 6.10 Å². The molecule has 0 spiro atoms. The van der Waals surface area contributed by atoms with Crippen molar-refractivity contribution in [1.82, 2.24) is 4.98 Å². The van der Waals surface area contributed by atoms with Gasteiger partial charge in [-0.1, -0.05) is 0 Å². The van der Waals surface area contributed by atoms with E-state index in [0.29, 0.717) is 11.4 Å². The fourth-order valence-electron chi connectivity index (χ4n) is 1.65. The summed E-state index contributed by atoms with van der Waals surface area (Å²) in [6.07, 6.45) is 0.485. The Hall–Kier alpha value is -2.34. The van der Waals surface area contributed by atoms with E-state index in [1.54, 1.807) is 18.3 Å². The van der Waals surface area contributed by atoms with Gasteiger partial charge >= 0.3 is 5.97 Å². The molecule has 0 bridgehead atoms. The second-order valence-corrected chi connectivity index (χ2v) is 3.70. The summed E-state index contributed by atoms with van der Waals surface area (Å²) in [4.78, 5) is 15.3. The van der Waals surface area contributed by atoms with Gasteiger partial charge in [-0.05, 0) is 24.3 Å². The molecule has 0 saturated carbocycles. The Balaban J connectivity index is 2.31. The van der Waals surface area contributed by atoms with E-state index in [-0.39, 0.29) is 11.5 Å². The fraction of sp³-hybridized carbons (Fsp3) is 0.231. The molecule has 2 heterocycles. The summed E-state index contributed by atoms with van der Waals surface area (Å²) in [6, 6.07) is 6.28. The number of carbonyl (C=O) groups is 1. The molecule has 0 aromatic carbocycles. The number of hydrogen-bond donors (Lipinski definition) is 1. The lowest BCUT2D eigenvalue weighted by Gasteiger charge is -2.11. The molecule has 0 amide bonds. The van der Waals surface area contributed by atoms with Crippen molar-refractivity contribution in [3.05, 3.63) is 47.5 Å². The molecule has 6 heteroatoms. The standard InChI is InChI=1S/C13H13NO5/c1-17-12-8(4-3-7-14-12)11(15)9-5-6-10(19-9)13(16)18-2/h3-7,11,15H,1-2H3. The zero-order valence-electron chi connectivity index (χ0n) is 10.5. The molecule has 0 fully saturated rings. The number of esters is 1. The minimum atomic E-state index is -1.07. The smallest absolute Gasteiger partial charge is 0.373 e. The number of hydrogen-bond acceptors (Lipinski definition) is 6. The second-order valence-electron chi connectivity index (χ2n) is 3.70. The van der Waals surface area contributed by atoms with Gasteiger partial charge in [0.25, 0.3) is 0 Å². The Labute approximate surface area is 109 Å². The maximum atomic E-state index is 11.3. The maximum Gasteiger partial charge on any atom is 0.373 e. The predicted molar refractivity (Wildman–Crippen MR) is 64.9 cm³/mol. The summed E-state index contributed by atoms with van der Waals surface area (Å²) in [5.41, 5.74) is 0.454. The van der Waals surface area contributed by atoms with Crippen LogP contribution in [0.4, 0.5) is 0 Å². The number of nitrogens with zero attached hydrogens (tertiary/aromatic N) is 1. The third-order valence-corrected chi connectivity index (χ3v) is 2.57. The van der Waals surface area contributed by atoms with Gasteiger partial charge in [0.2, 0.25) is 11.6 Å². The van der Waals surface area contributed by atoms with Crippen LogP contribution in [0.1, 0.15) is 28.0 Å². The molecule has 2 aromatic heterocycles. The number of pyridine rings is 1. The first-order valence-electron chi connectivity index (χ1n) is 5.52. The van der Waals surface area contributed by atoms with Gasteiger partial charge < -0.3 is 19.0 Å². The third kappa shape index (κ3) is 2.58. The van der Waals surface area contributed by atoms with Crippen molar-refractivity contribution in [2.75, 3.05) is 14.2 Å². The molecule has 100 valence electrons. The van der Waals surface area contributed by atoms with Crippen LogP contribution in [0.5, 0.6) is 5.88 Å². The van der Waals surface area contributed by atoms with Crippen molar-refractivity contribution >= 4 is 5.97 Å². The third-order valence-electron chi connectivity index (χ3n) is 2.57. The summed E-state index contributed by atoms with van der Waals surface area (Å²) in [7, 11) is 2.71. The topological polar surface area (TPSA) is 81.8 Å². The zero-order chi connectivity index (χ0) is 13.8. The molecule has 2 aromatic rings. The van der Waals surface area contributed by atoms with E-state index in [2.05, 4.69) is 9.72 Å². The van der Waals surface area contributed by atoms with Crippen LogP contribution in [0, 0.1) is 0 Å². The summed E-state index contributed by atoms with van der Waals surface area (Å²) < 4.78 is 14.8. The van der Waals surface area contributed by atoms with E-state index in [0.717, 1.165) is 0 Å². The van der Waals surface area contributed by atoms with Gasteiger partial charge in [0.15, 0.2) is 0 Å². The highest BCUT2D eigenvalue weighted by Crippen LogP contribution is 2.29.